The average molecular weight is 590 g/mol. The second-order valence-corrected chi connectivity index (χ2v) is 17.5. The number of carbonyl (C=O) groups is 1. The fraction of sp³-hybridized carbons (Fsp3) is 0.483. The van der Waals surface area contributed by atoms with Gasteiger partial charge in [0.25, 0.3) is 5.91 Å². The molecule has 2 aromatic rings. The maximum atomic E-state index is 13.6. The maximum absolute atomic E-state index is 13.6. The van der Waals surface area contributed by atoms with Crippen LogP contribution in [0.3, 0.4) is 0 Å². The van der Waals surface area contributed by atoms with Crippen LogP contribution < -0.4 is 14.5 Å². The lowest BCUT2D eigenvalue weighted by atomic mass is 9.99. The van der Waals surface area contributed by atoms with Crippen molar-refractivity contribution in [3.05, 3.63) is 53.1 Å². The molecule has 1 amide bonds. The summed E-state index contributed by atoms with van der Waals surface area (Å²) in [4.78, 5) is 16.3. The highest BCUT2D eigenvalue weighted by Crippen LogP contribution is 2.42. The van der Waals surface area contributed by atoms with Crippen LogP contribution in [0, 0.1) is 11.3 Å². The van der Waals surface area contributed by atoms with E-state index in [0.717, 1.165) is 41.2 Å². The molecule has 2 aliphatic heterocycles. The number of alkyl halides is 3. The highest BCUT2D eigenvalue weighted by molar-refractivity contribution is 7.81. The SMILES string of the molecule is CC1(C)C(=O)N(c2ccc(C#N)c(C(F)(F)F)c2)C(=S)N1c1ccc2c(c1)CCC(CO[Si](C)(C)C(C)(C)C)O2. The lowest BCUT2D eigenvalue weighted by Crippen LogP contribution is -2.44. The number of aryl methyl sites for hydroxylation is 1. The first kappa shape index (κ1) is 30.0. The Morgan fingerprint density at radius 1 is 1.15 bits per heavy atom. The Morgan fingerprint density at radius 2 is 1.80 bits per heavy atom. The van der Waals surface area contributed by atoms with Crippen molar-refractivity contribution in [3.63, 3.8) is 0 Å². The molecule has 40 heavy (non-hydrogen) atoms. The van der Waals surface area contributed by atoms with Crippen molar-refractivity contribution in [3.8, 4) is 11.8 Å². The van der Waals surface area contributed by atoms with Crippen molar-refractivity contribution in [1.29, 1.82) is 5.26 Å². The Morgan fingerprint density at radius 3 is 2.40 bits per heavy atom. The summed E-state index contributed by atoms with van der Waals surface area (Å²) in [7, 11) is -1.91. The summed E-state index contributed by atoms with van der Waals surface area (Å²) in [5, 5.41) is 9.31. The summed E-state index contributed by atoms with van der Waals surface area (Å²) >= 11 is 5.66. The van der Waals surface area contributed by atoms with E-state index in [2.05, 4.69) is 33.9 Å². The fourth-order valence-electron chi connectivity index (χ4n) is 4.66. The zero-order chi connectivity index (χ0) is 29.8. The zero-order valence-corrected chi connectivity index (χ0v) is 25.6. The van der Waals surface area contributed by atoms with Crippen LogP contribution in [0.5, 0.6) is 5.75 Å². The van der Waals surface area contributed by atoms with E-state index in [1.165, 1.54) is 6.07 Å². The van der Waals surface area contributed by atoms with Gasteiger partial charge in [-0.1, -0.05) is 20.8 Å². The van der Waals surface area contributed by atoms with Crippen molar-refractivity contribution >= 4 is 42.9 Å². The minimum Gasteiger partial charge on any atom is -0.488 e. The van der Waals surface area contributed by atoms with E-state index in [9.17, 15) is 18.0 Å². The van der Waals surface area contributed by atoms with E-state index in [0.29, 0.717) is 12.3 Å². The summed E-state index contributed by atoms with van der Waals surface area (Å²) in [5.41, 5.74) is -1.22. The van der Waals surface area contributed by atoms with Crippen LogP contribution in [0.25, 0.3) is 0 Å². The molecule has 4 rings (SSSR count). The topological polar surface area (TPSA) is 65.8 Å². The minimum absolute atomic E-state index is 0.0391. The first-order chi connectivity index (χ1) is 18.4. The molecule has 0 saturated carbocycles. The maximum Gasteiger partial charge on any atom is 0.417 e. The molecule has 0 radical (unpaired) electrons. The van der Waals surface area contributed by atoms with Crippen molar-refractivity contribution in [2.45, 2.75) is 83.4 Å². The number of halogens is 3. The van der Waals surface area contributed by atoms with Crippen LogP contribution >= 0.6 is 12.2 Å². The molecule has 0 spiro atoms. The van der Waals surface area contributed by atoms with Crippen molar-refractivity contribution in [1.82, 2.24) is 0 Å². The lowest BCUT2D eigenvalue weighted by Gasteiger charge is -2.38. The molecule has 6 nitrogen and oxygen atoms in total. The monoisotopic (exact) mass is 589 g/mol. The second kappa shape index (κ2) is 10.2. The highest BCUT2D eigenvalue weighted by Gasteiger charge is 2.51. The number of hydrogen-bond acceptors (Lipinski definition) is 5. The average Bonchev–Trinajstić information content (AvgIpc) is 3.04. The number of carbonyl (C=O) groups excluding carboxylic acids is 1. The standard InChI is InChI=1S/C29H34F3N3O3SSi/c1-27(2,3)40(6,7)37-17-22-12-9-18-14-21(11-13-24(18)38-22)35-26(39)34(25(36)28(35,4)5)20-10-8-19(16-33)23(15-20)29(30,31)32/h8,10-11,13-15,22H,9,12,17H2,1-7H3. The summed E-state index contributed by atoms with van der Waals surface area (Å²) in [5.74, 6) is 0.277. The van der Waals surface area contributed by atoms with E-state index in [1.54, 1.807) is 30.9 Å². The molecule has 0 aliphatic carbocycles. The van der Waals surface area contributed by atoms with Crippen molar-refractivity contribution in [2.24, 2.45) is 0 Å². The molecule has 1 unspecified atom stereocenters. The van der Waals surface area contributed by atoms with Gasteiger partial charge in [0, 0.05) is 5.69 Å². The fourth-order valence-corrected chi connectivity index (χ4v) is 6.22. The molecule has 1 fully saturated rings. The zero-order valence-electron chi connectivity index (χ0n) is 23.8. The number of nitrogens with zero attached hydrogens (tertiary/aromatic N) is 3. The Hall–Kier alpha value is -2.94. The minimum atomic E-state index is -4.76. The molecule has 2 heterocycles. The Bertz CT molecular complexity index is 1400. The van der Waals surface area contributed by atoms with Gasteiger partial charge in [0.2, 0.25) is 0 Å². The molecular formula is C29H34F3N3O3SSi. The van der Waals surface area contributed by atoms with Crippen molar-refractivity contribution in [2.75, 3.05) is 16.4 Å². The van der Waals surface area contributed by atoms with Gasteiger partial charge < -0.3 is 14.1 Å². The molecule has 11 heteroatoms. The number of anilines is 2. The molecule has 1 atom stereocenters. The molecule has 1 saturated heterocycles. The quantitative estimate of drug-likeness (QED) is 0.271. The van der Waals surface area contributed by atoms with Crippen LogP contribution in [0.4, 0.5) is 24.5 Å². The molecular weight excluding hydrogens is 555 g/mol. The third-order valence-corrected chi connectivity index (χ3v) is 13.0. The summed E-state index contributed by atoms with van der Waals surface area (Å²) in [6.45, 7) is 14.9. The van der Waals surface area contributed by atoms with Gasteiger partial charge in [0.05, 0.1) is 29.5 Å². The third kappa shape index (κ3) is 5.37. The van der Waals surface area contributed by atoms with E-state index in [4.69, 9.17) is 26.6 Å². The largest absolute Gasteiger partial charge is 0.488 e. The van der Waals surface area contributed by atoms with Crippen LogP contribution in [0.2, 0.25) is 18.1 Å². The van der Waals surface area contributed by atoms with Gasteiger partial charge in [-0.3, -0.25) is 9.69 Å². The third-order valence-electron chi connectivity index (χ3n) is 8.12. The lowest BCUT2D eigenvalue weighted by molar-refractivity contribution is -0.137. The summed E-state index contributed by atoms with van der Waals surface area (Å²) < 4.78 is 53.5. The Kier molecular flexibility index (Phi) is 7.62. The van der Waals surface area contributed by atoms with Gasteiger partial charge >= 0.3 is 6.18 Å². The smallest absolute Gasteiger partial charge is 0.417 e. The van der Waals surface area contributed by atoms with Gasteiger partial charge in [-0.2, -0.15) is 18.4 Å². The van der Waals surface area contributed by atoms with E-state index in [-0.39, 0.29) is 21.9 Å². The first-order valence-electron chi connectivity index (χ1n) is 13.1. The molecule has 2 aliphatic rings. The summed E-state index contributed by atoms with van der Waals surface area (Å²) in [6.07, 6.45) is -3.30. The molecule has 214 valence electrons. The number of fused-ring (bicyclic) bond motifs is 1. The van der Waals surface area contributed by atoms with Crippen LogP contribution in [0.1, 0.15) is 57.7 Å². The van der Waals surface area contributed by atoms with E-state index in [1.807, 2.05) is 12.1 Å². The second-order valence-electron chi connectivity index (χ2n) is 12.3. The van der Waals surface area contributed by atoms with Crippen LogP contribution in [0.15, 0.2) is 36.4 Å². The van der Waals surface area contributed by atoms with Gasteiger partial charge in [-0.25, -0.2) is 0 Å². The first-order valence-corrected chi connectivity index (χ1v) is 16.4. The predicted octanol–water partition coefficient (Wildman–Crippen LogP) is 7.21. The van der Waals surface area contributed by atoms with Crippen molar-refractivity contribution < 1.29 is 27.1 Å². The molecule has 2 aromatic carbocycles. The van der Waals surface area contributed by atoms with E-state index < -0.39 is 37.1 Å². The number of hydrogen-bond donors (Lipinski definition) is 0. The normalized spacial score (nSPS) is 19.4. The highest BCUT2D eigenvalue weighted by atomic mass is 32.1. The molecule has 0 aromatic heterocycles. The van der Waals surface area contributed by atoms with Gasteiger partial charge in [0.15, 0.2) is 13.4 Å². The van der Waals surface area contributed by atoms with Gasteiger partial charge in [-0.05, 0) is 99.0 Å². The molecule has 0 N–H and O–H groups in total. The van der Waals surface area contributed by atoms with E-state index >= 15 is 0 Å². The molecule has 0 bridgehead atoms. The Labute approximate surface area is 239 Å². The summed E-state index contributed by atoms with van der Waals surface area (Å²) in [6, 6.07) is 10.3. The van der Waals surface area contributed by atoms with Gasteiger partial charge in [-0.15, -0.1) is 0 Å². The number of rotatable bonds is 5. The number of ether oxygens (including phenoxy) is 1. The van der Waals surface area contributed by atoms with Crippen LogP contribution in [-0.2, 0) is 21.8 Å². The van der Waals surface area contributed by atoms with Gasteiger partial charge in [0.1, 0.15) is 17.4 Å². The number of nitriles is 1. The van der Waals surface area contributed by atoms with Crippen LogP contribution in [-0.4, -0.2) is 37.6 Å². The number of thiocarbonyl (C=S) groups is 1. The predicted molar refractivity (Wildman–Crippen MR) is 155 cm³/mol. The Balaban J connectivity index is 1.59. The number of benzene rings is 2. The number of amides is 1.